The van der Waals surface area contributed by atoms with E-state index in [1.165, 1.54) is 29.1 Å². The van der Waals surface area contributed by atoms with E-state index in [1.54, 1.807) is 6.07 Å². The molecule has 0 fully saturated rings. The average molecular weight is 475 g/mol. The van der Waals surface area contributed by atoms with Crippen LogP contribution >= 0.6 is 15.9 Å². The molecule has 2 N–H and O–H groups in total. The van der Waals surface area contributed by atoms with E-state index in [9.17, 15) is 9.90 Å². The van der Waals surface area contributed by atoms with Crippen LogP contribution < -0.4 is 10.2 Å². The number of halogens is 1. The van der Waals surface area contributed by atoms with Crippen LogP contribution in [0, 0.1) is 0 Å². The lowest BCUT2D eigenvalue weighted by molar-refractivity contribution is 0.0952. The summed E-state index contributed by atoms with van der Waals surface area (Å²) in [6.07, 6.45) is 1.53. The SMILES string of the molecule is O=C(N/N=C/c1ccc(OCc2cccc3ccccc23)cc1)c1cc(Br)ccc1O. The Morgan fingerprint density at radius 1 is 1.00 bits per heavy atom. The zero-order valence-electron chi connectivity index (χ0n) is 16.5. The van der Waals surface area contributed by atoms with Crippen LogP contribution in [0.2, 0.25) is 0 Å². The number of phenols is 1. The number of hydrogen-bond donors (Lipinski definition) is 2. The van der Waals surface area contributed by atoms with Gasteiger partial charge in [0.2, 0.25) is 0 Å². The first-order valence-electron chi connectivity index (χ1n) is 9.61. The molecular formula is C25H19BrN2O3. The van der Waals surface area contributed by atoms with Crippen molar-refractivity contribution in [1.29, 1.82) is 0 Å². The maximum atomic E-state index is 12.1. The molecule has 0 spiro atoms. The predicted molar refractivity (Wildman–Crippen MR) is 126 cm³/mol. The molecule has 0 aliphatic rings. The van der Waals surface area contributed by atoms with Gasteiger partial charge >= 0.3 is 0 Å². The number of phenolic OH excluding ortho intramolecular Hbond substituents is 1. The van der Waals surface area contributed by atoms with Gasteiger partial charge in [0, 0.05) is 4.47 Å². The summed E-state index contributed by atoms with van der Waals surface area (Å²) in [7, 11) is 0. The number of carbonyl (C=O) groups is 1. The number of fused-ring (bicyclic) bond motifs is 1. The highest BCUT2D eigenvalue weighted by molar-refractivity contribution is 9.10. The fraction of sp³-hybridized carbons (Fsp3) is 0.0400. The number of hydrogen-bond acceptors (Lipinski definition) is 4. The van der Waals surface area contributed by atoms with E-state index in [0.29, 0.717) is 11.1 Å². The van der Waals surface area contributed by atoms with Gasteiger partial charge in [0.15, 0.2) is 0 Å². The van der Waals surface area contributed by atoms with Crippen LogP contribution in [0.1, 0.15) is 21.5 Å². The van der Waals surface area contributed by atoms with Gasteiger partial charge in [-0.05, 0) is 64.4 Å². The second kappa shape index (κ2) is 9.45. The molecular weight excluding hydrogens is 456 g/mol. The average Bonchev–Trinajstić information content (AvgIpc) is 2.80. The Hall–Kier alpha value is -3.64. The van der Waals surface area contributed by atoms with E-state index in [0.717, 1.165) is 16.9 Å². The lowest BCUT2D eigenvalue weighted by Gasteiger charge is -2.09. The molecule has 4 aromatic rings. The Kier molecular flexibility index (Phi) is 6.29. The van der Waals surface area contributed by atoms with Crippen molar-refractivity contribution in [1.82, 2.24) is 5.43 Å². The summed E-state index contributed by atoms with van der Waals surface area (Å²) < 4.78 is 6.63. The summed E-state index contributed by atoms with van der Waals surface area (Å²) in [5.74, 6) is 0.141. The topological polar surface area (TPSA) is 70.9 Å². The Balaban J connectivity index is 1.36. The van der Waals surface area contributed by atoms with Gasteiger partial charge in [-0.3, -0.25) is 4.79 Å². The Bertz CT molecular complexity index is 1250. The van der Waals surface area contributed by atoms with Crippen molar-refractivity contribution in [2.24, 2.45) is 5.10 Å². The summed E-state index contributed by atoms with van der Waals surface area (Å²) >= 11 is 3.27. The molecule has 6 heteroatoms. The molecule has 0 aliphatic carbocycles. The largest absolute Gasteiger partial charge is 0.507 e. The van der Waals surface area contributed by atoms with E-state index in [-0.39, 0.29) is 11.3 Å². The van der Waals surface area contributed by atoms with Gasteiger partial charge in [0.05, 0.1) is 11.8 Å². The van der Waals surface area contributed by atoms with Crippen molar-refractivity contribution < 1.29 is 14.6 Å². The fourth-order valence-corrected chi connectivity index (χ4v) is 3.51. The molecule has 0 aromatic heterocycles. The van der Waals surface area contributed by atoms with Crippen LogP contribution in [0.5, 0.6) is 11.5 Å². The minimum Gasteiger partial charge on any atom is -0.507 e. The number of amides is 1. The third-order valence-corrected chi connectivity index (χ3v) is 5.23. The number of ether oxygens (including phenoxy) is 1. The zero-order valence-corrected chi connectivity index (χ0v) is 18.0. The van der Waals surface area contributed by atoms with Gasteiger partial charge in [-0.15, -0.1) is 0 Å². The molecule has 0 aliphatic heterocycles. The summed E-state index contributed by atoms with van der Waals surface area (Å²) in [5, 5.41) is 16.1. The van der Waals surface area contributed by atoms with Crippen molar-refractivity contribution in [3.8, 4) is 11.5 Å². The number of hydrazone groups is 1. The lowest BCUT2D eigenvalue weighted by Crippen LogP contribution is -2.17. The molecule has 31 heavy (non-hydrogen) atoms. The Morgan fingerprint density at radius 2 is 1.77 bits per heavy atom. The fourth-order valence-electron chi connectivity index (χ4n) is 3.15. The summed E-state index contributed by atoms with van der Waals surface area (Å²) in [6.45, 7) is 0.473. The Labute approximate surface area is 188 Å². The monoisotopic (exact) mass is 474 g/mol. The number of nitrogens with zero attached hydrogens (tertiary/aromatic N) is 1. The first-order valence-corrected chi connectivity index (χ1v) is 10.4. The maximum Gasteiger partial charge on any atom is 0.275 e. The quantitative estimate of drug-likeness (QED) is 0.280. The van der Waals surface area contributed by atoms with Gasteiger partial charge in [-0.2, -0.15) is 5.10 Å². The molecule has 0 saturated carbocycles. The molecule has 154 valence electrons. The first-order chi connectivity index (χ1) is 15.1. The molecule has 0 bridgehead atoms. The van der Waals surface area contributed by atoms with E-state index in [1.807, 2.05) is 42.5 Å². The summed E-state index contributed by atoms with van der Waals surface area (Å²) in [6, 6.07) is 26.5. The van der Waals surface area contributed by atoms with Gasteiger partial charge < -0.3 is 9.84 Å². The highest BCUT2D eigenvalue weighted by Crippen LogP contribution is 2.22. The zero-order chi connectivity index (χ0) is 21.6. The second-order valence-electron chi connectivity index (χ2n) is 6.86. The Morgan fingerprint density at radius 3 is 2.61 bits per heavy atom. The molecule has 5 nitrogen and oxygen atoms in total. The lowest BCUT2D eigenvalue weighted by atomic mass is 10.1. The van der Waals surface area contributed by atoms with Gasteiger partial charge in [0.1, 0.15) is 18.1 Å². The molecule has 0 heterocycles. The minimum absolute atomic E-state index is 0.108. The maximum absolute atomic E-state index is 12.1. The predicted octanol–water partition coefficient (Wildman–Crippen LogP) is 5.65. The van der Waals surface area contributed by atoms with Crippen molar-refractivity contribution in [3.05, 3.63) is 106 Å². The van der Waals surface area contributed by atoms with Gasteiger partial charge in [-0.1, -0.05) is 58.4 Å². The van der Waals surface area contributed by atoms with Crippen LogP contribution in [0.15, 0.2) is 94.5 Å². The van der Waals surface area contributed by atoms with Crippen molar-refractivity contribution in [2.75, 3.05) is 0 Å². The first kappa shape index (κ1) is 20.6. The number of nitrogens with one attached hydrogen (secondary N) is 1. The van der Waals surface area contributed by atoms with Gasteiger partial charge in [-0.25, -0.2) is 5.43 Å². The molecule has 0 saturated heterocycles. The number of benzene rings is 4. The molecule has 0 radical (unpaired) electrons. The van der Waals surface area contributed by atoms with Crippen molar-refractivity contribution >= 4 is 38.8 Å². The van der Waals surface area contributed by atoms with Crippen LogP contribution in [0.25, 0.3) is 10.8 Å². The molecule has 0 atom stereocenters. The molecule has 4 aromatic carbocycles. The number of rotatable bonds is 6. The van der Waals surface area contributed by atoms with Crippen LogP contribution in [-0.2, 0) is 6.61 Å². The normalized spacial score (nSPS) is 11.0. The summed E-state index contributed by atoms with van der Waals surface area (Å²) in [4.78, 5) is 12.1. The molecule has 4 rings (SSSR count). The van der Waals surface area contributed by atoms with Crippen molar-refractivity contribution in [3.63, 3.8) is 0 Å². The van der Waals surface area contributed by atoms with E-state index in [2.05, 4.69) is 50.7 Å². The standard InChI is InChI=1S/C25H19BrN2O3/c26-20-10-13-24(29)23(14-20)25(30)28-27-15-17-8-11-21(12-9-17)31-16-19-6-3-5-18-4-1-2-7-22(18)19/h1-15,29H,16H2,(H,28,30)/b27-15+. The highest BCUT2D eigenvalue weighted by atomic mass is 79.9. The molecule has 0 unspecified atom stereocenters. The summed E-state index contributed by atoms with van der Waals surface area (Å²) in [5.41, 5.74) is 4.48. The smallest absolute Gasteiger partial charge is 0.275 e. The van der Waals surface area contributed by atoms with Gasteiger partial charge in [0.25, 0.3) is 5.91 Å². The van der Waals surface area contributed by atoms with Crippen LogP contribution in [-0.4, -0.2) is 17.2 Å². The van der Waals surface area contributed by atoms with Crippen LogP contribution in [0.4, 0.5) is 0 Å². The highest BCUT2D eigenvalue weighted by Gasteiger charge is 2.10. The van der Waals surface area contributed by atoms with E-state index < -0.39 is 5.91 Å². The van der Waals surface area contributed by atoms with Crippen LogP contribution in [0.3, 0.4) is 0 Å². The second-order valence-corrected chi connectivity index (χ2v) is 7.77. The minimum atomic E-state index is -0.495. The van der Waals surface area contributed by atoms with Crippen molar-refractivity contribution in [2.45, 2.75) is 6.61 Å². The van der Waals surface area contributed by atoms with E-state index in [4.69, 9.17) is 4.74 Å². The molecule has 1 amide bonds. The number of aromatic hydroxyl groups is 1. The third-order valence-electron chi connectivity index (χ3n) is 4.74. The number of carbonyl (C=O) groups excluding carboxylic acids is 1. The third kappa shape index (κ3) is 5.10. The van der Waals surface area contributed by atoms with E-state index >= 15 is 0 Å².